The van der Waals surface area contributed by atoms with Crippen LogP contribution in [-0.2, 0) is 17.9 Å². The number of hydrogen-bond acceptors (Lipinski definition) is 2. The second kappa shape index (κ2) is 10.6. The van der Waals surface area contributed by atoms with Crippen LogP contribution in [0.4, 0.5) is 17.1 Å². The quantitative estimate of drug-likeness (QED) is 0.179. The van der Waals surface area contributed by atoms with Crippen molar-refractivity contribution in [1.82, 2.24) is 4.57 Å². The Kier molecular flexibility index (Phi) is 6.62. The van der Waals surface area contributed by atoms with Crippen molar-refractivity contribution in [3.63, 3.8) is 0 Å². The van der Waals surface area contributed by atoms with Gasteiger partial charge in [0.05, 0.1) is 0 Å². The van der Waals surface area contributed by atoms with Crippen LogP contribution < -0.4 is 4.90 Å². The SMILES string of the molecule is CC1=Cc2c(cc(-n3ccc4ccccc43)cc2N2c3ccccc3Sc3ccccc32)[CH]1[Zr]([Cl])([Cl])[CH]1C=Cc2ccccc21. The van der Waals surface area contributed by atoms with E-state index >= 15 is 0 Å². The van der Waals surface area contributed by atoms with E-state index in [1.54, 1.807) is 0 Å². The molecule has 2 aliphatic carbocycles. The van der Waals surface area contributed by atoms with E-state index in [4.69, 9.17) is 17.0 Å². The molecule has 6 heteroatoms. The predicted molar refractivity (Wildman–Crippen MR) is 188 cm³/mol. The molecule has 2 nitrogen and oxygen atoms in total. The Labute approximate surface area is 279 Å². The van der Waals surface area contributed by atoms with Gasteiger partial charge in [0.15, 0.2) is 0 Å². The van der Waals surface area contributed by atoms with E-state index in [1.807, 2.05) is 11.8 Å². The van der Waals surface area contributed by atoms with Crippen LogP contribution in [0.5, 0.6) is 0 Å². The Balaban J connectivity index is 1.30. The van der Waals surface area contributed by atoms with Crippen LogP contribution >= 0.6 is 28.8 Å². The summed E-state index contributed by atoms with van der Waals surface area (Å²) in [4.78, 5) is 4.94. The van der Waals surface area contributed by atoms with Crippen molar-refractivity contribution in [1.29, 1.82) is 0 Å². The average molecular weight is 719 g/mol. The summed E-state index contributed by atoms with van der Waals surface area (Å²) >= 11 is -2.17. The monoisotopic (exact) mass is 716 g/mol. The molecule has 0 radical (unpaired) electrons. The summed E-state index contributed by atoms with van der Waals surface area (Å²) in [5, 5.41) is 1.21. The fourth-order valence-electron chi connectivity index (χ4n) is 7.47. The third-order valence-electron chi connectivity index (χ3n) is 9.46. The van der Waals surface area contributed by atoms with Gasteiger partial charge in [-0.15, -0.1) is 0 Å². The van der Waals surface area contributed by atoms with E-state index in [0.29, 0.717) is 0 Å². The third-order valence-corrected chi connectivity index (χ3v) is 23.0. The molecule has 6 aromatic rings. The second-order valence-electron chi connectivity index (χ2n) is 12.0. The first kappa shape index (κ1) is 28.0. The molecular weight excluding hydrogens is 691 g/mol. The molecule has 9 rings (SSSR count). The topological polar surface area (TPSA) is 8.17 Å². The van der Waals surface area contributed by atoms with Crippen molar-refractivity contribution >= 4 is 68.9 Å². The van der Waals surface area contributed by atoms with Gasteiger partial charge >= 0.3 is 281 Å². The van der Waals surface area contributed by atoms with Crippen molar-refractivity contribution in [2.75, 3.05) is 4.90 Å². The number of fused-ring (bicyclic) bond motifs is 5. The third kappa shape index (κ3) is 4.33. The summed E-state index contributed by atoms with van der Waals surface area (Å²) in [6, 6.07) is 41.5. The van der Waals surface area contributed by atoms with Crippen molar-refractivity contribution in [2.24, 2.45) is 0 Å². The Morgan fingerprint density at radius 3 is 2.20 bits per heavy atom. The van der Waals surface area contributed by atoms with Crippen molar-refractivity contribution in [2.45, 2.75) is 24.0 Å². The molecule has 45 heavy (non-hydrogen) atoms. The van der Waals surface area contributed by atoms with Crippen LogP contribution in [-0.4, -0.2) is 4.57 Å². The zero-order chi connectivity index (χ0) is 30.3. The summed E-state index contributed by atoms with van der Waals surface area (Å²) in [5.41, 5.74) is 12.0. The molecule has 0 bridgehead atoms. The maximum atomic E-state index is 7.83. The number of rotatable bonds is 4. The van der Waals surface area contributed by atoms with Gasteiger partial charge < -0.3 is 0 Å². The van der Waals surface area contributed by atoms with E-state index < -0.39 is 17.9 Å². The Hall–Kier alpha value is -3.27. The van der Waals surface area contributed by atoms with Crippen LogP contribution in [0.2, 0.25) is 0 Å². The van der Waals surface area contributed by atoms with Crippen LogP contribution in [0.25, 0.3) is 28.7 Å². The molecule has 2 atom stereocenters. The van der Waals surface area contributed by atoms with Gasteiger partial charge in [0.1, 0.15) is 0 Å². The first-order chi connectivity index (χ1) is 22.0. The molecule has 0 saturated carbocycles. The van der Waals surface area contributed by atoms with E-state index in [1.165, 1.54) is 59.9 Å². The minimum atomic E-state index is -4.01. The summed E-state index contributed by atoms with van der Waals surface area (Å²) in [6.45, 7) is 2.23. The molecule has 1 aromatic heterocycles. The number of para-hydroxylation sites is 3. The second-order valence-corrected chi connectivity index (χ2v) is 27.9. The summed E-state index contributed by atoms with van der Waals surface area (Å²) in [5.74, 6) is 0. The van der Waals surface area contributed by atoms with Crippen molar-refractivity contribution < 1.29 is 17.9 Å². The number of nitrogens with zero attached hydrogens (tertiary/aromatic N) is 2. The first-order valence-electron chi connectivity index (χ1n) is 15.2. The van der Waals surface area contributed by atoms with Gasteiger partial charge in [0, 0.05) is 0 Å². The molecule has 3 aliphatic rings. The van der Waals surface area contributed by atoms with Gasteiger partial charge in [0.25, 0.3) is 0 Å². The van der Waals surface area contributed by atoms with Gasteiger partial charge in [0.2, 0.25) is 0 Å². The van der Waals surface area contributed by atoms with Gasteiger partial charge in [-0.3, -0.25) is 0 Å². The number of allylic oxidation sites excluding steroid dienone is 2. The van der Waals surface area contributed by atoms with Gasteiger partial charge in [-0.05, 0) is 0 Å². The average Bonchev–Trinajstić information content (AvgIpc) is 3.78. The fraction of sp³-hybridized carbons (Fsp3) is 0.0769. The molecule has 2 heterocycles. The molecule has 1 aliphatic heterocycles. The van der Waals surface area contributed by atoms with Crippen LogP contribution in [0.3, 0.4) is 0 Å². The summed E-state index contributed by atoms with van der Waals surface area (Å²) in [7, 11) is 15.7. The zero-order valence-electron chi connectivity index (χ0n) is 24.5. The number of hydrogen-bond donors (Lipinski definition) is 0. The van der Waals surface area contributed by atoms with E-state index in [-0.39, 0.29) is 7.25 Å². The Morgan fingerprint density at radius 2 is 1.40 bits per heavy atom. The Bertz CT molecular complexity index is 2190. The number of anilines is 3. The number of benzene rings is 5. The predicted octanol–water partition coefficient (Wildman–Crippen LogP) is 12.3. The van der Waals surface area contributed by atoms with Crippen molar-refractivity contribution in [3.05, 3.63) is 155 Å². The van der Waals surface area contributed by atoms with Crippen molar-refractivity contribution in [3.8, 4) is 5.69 Å². The molecule has 0 saturated heterocycles. The molecule has 0 amide bonds. The van der Waals surface area contributed by atoms with E-state index in [9.17, 15) is 0 Å². The molecule has 0 fully saturated rings. The standard InChI is InChI=1S/C30H21N2S.C9H7.2ClH.Zr/c1-20-16-22-18-23(31-15-14-21-8-2-3-9-25(21)31)19-28(24(22)17-20)32-26-10-4-6-12-29(26)33-30-13-7-5-11-27(30)32;1-2-5-9-7-3-6-8(9)4-1;;;/h2-19H,1H3;1-7H;2*1H;/q;;;;+2/p-2. The van der Waals surface area contributed by atoms with Gasteiger partial charge in [-0.25, -0.2) is 0 Å². The van der Waals surface area contributed by atoms with Gasteiger partial charge in [-0.2, -0.15) is 0 Å². The molecular formula is C39H28Cl2N2SZr. The Morgan fingerprint density at radius 1 is 0.711 bits per heavy atom. The van der Waals surface area contributed by atoms with Gasteiger partial charge in [-0.1, -0.05) is 0 Å². The minimum absolute atomic E-state index is 0.00335. The van der Waals surface area contributed by atoms with E-state index in [0.717, 1.165) is 11.4 Å². The molecule has 0 spiro atoms. The maximum absolute atomic E-state index is 7.83. The van der Waals surface area contributed by atoms with Crippen LogP contribution in [0.1, 0.15) is 36.4 Å². The molecule has 5 aromatic carbocycles. The molecule has 0 N–H and O–H groups in total. The van der Waals surface area contributed by atoms with E-state index in [2.05, 4.69) is 156 Å². The normalized spacial score (nSPS) is 18.0. The van der Waals surface area contributed by atoms with Crippen LogP contribution in [0.15, 0.2) is 143 Å². The fourth-order valence-corrected chi connectivity index (χ4v) is 20.9. The number of aromatic nitrogens is 1. The summed E-state index contributed by atoms with van der Waals surface area (Å²) < 4.78 is 2.39. The number of halogens is 2. The van der Waals surface area contributed by atoms with Crippen LogP contribution in [0, 0.1) is 0 Å². The summed E-state index contributed by atoms with van der Waals surface area (Å²) in [6.07, 6.45) is 9.02. The zero-order valence-corrected chi connectivity index (χ0v) is 29.3. The molecule has 218 valence electrons. The first-order valence-corrected chi connectivity index (χ1v) is 25.2. The molecule has 2 unspecified atom stereocenters.